The van der Waals surface area contributed by atoms with E-state index in [0.717, 1.165) is 42.7 Å². The molecule has 0 aliphatic carbocycles. The summed E-state index contributed by atoms with van der Waals surface area (Å²) in [5.41, 5.74) is 5.05. The molecule has 28 heavy (non-hydrogen) atoms. The summed E-state index contributed by atoms with van der Waals surface area (Å²) in [7, 11) is 3.76. The van der Waals surface area contributed by atoms with Crippen LogP contribution in [0.1, 0.15) is 47.3 Å². The van der Waals surface area contributed by atoms with Crippen molar-refractivity contribution in [3.8, 4) is 0 Å². The molecule has 0 bridgehead atoms. The van der Waals surface area contributed by atoms with Crippen LogP contribution in [0.3, 0.4) is 0 Å². The third-order valence-electron chi connectivity index (χ3n) is 4.51. The molecule has 0 radical (unpaired) electrons. The highest BCUT2D eigenvalue weighted by molar-refractivity contribution is 14.0. The third-order valence-corrected chi connectivity index (χ3v) is 5.56. The smallest absolute Gasteiger partial charge is 0.194 e. The summed E-state index contributed by atoms with van der Waals surface area (Å²) in [6, 6.07) is 6.62. The molecule has 2 rings (SSSR count). The van der Waals surface area contributed by atoms with E-state index in [0.29, 0.717) is 0 Å². The van der Waals surface area contributed by atoms with Crippen molar-refractivity contribution < 1.29 is 4.74 Å². The highest BCUT2D eigenvalue weighted by Gasteiger charge is 2.12. The van der Waals surface area contributed by atoms with Crippen LogP contribution in [-0.4, -0.2) is 43.1 Å². The fourth-order valence-corrected chi connectivity index (χ4v) is 3.72. The molecule has 0 aliphatic heterocycles. The van der Waals surface area contributed by atoms with Crippen LogP contribution in [-0.2, 0) is 17.7 Å². The summed E-state index contributed by atoms with van der Waals surface area (Å²) in [5.74, 6) is 0.914. The Bertz CT molecular complexity index is 763. The number of halogens is 1. The van der Waals surface area contributed by atoms with Crippen molar-refractivity contribution in [3.63, 3.8) is 0 Å². The summed E-state index contributed by atoms with van der Waals surface area (Å²) in [4.78, 5) is 11.6. The van der Waals surface area contributed by atoms with Gasteiger partial charge in [0.2, 0.25) is 0 Å². The molecule has 5 nitrogen and oxygen atoms in total. The van der Waals surface area contributed by atoms with E-state index in [4.69, 9.17) is 9.73 Å². The SMILES string of the molecule is CCNC(=NCCc1ccc(C)cc1C)N(C)Cc1csc(C(C)OC)n1.I. The summed E-state index contributed by atoms with van der Waals surface area (Å²) >= 11 is 1.64. The first kappa shape index (κ1) is 24.8. The predicted octanol–water partition coefficient (Wildman–Crippen LogP) is 4.73. The van der Waals surface area contributed by atoms with Crippen LogP contribution >= 0.6 is 35.3 Å². The van der Waals surface area contributed by atoms with Crippen molar-refractivity contribution in [1.82, 2.24) is 15.2 Å². The number of hydrogen-bond donors (Lipinski definition) is 1. The molecule has 0 aliphatic rings. The van der Waals surface area contributed by atoms with Crippen molar-refractivity contribution >= 4 is 41.3 Å². The maximum atomic E-state index is 5.35. The molecule has 0 spiro atoms. The molecule has 0 saturated carbocycles. The van der Waals surface area contributed by atoms with E-state index in [2.05, 4.69) is 66.6 Å². The lowest BCUT2D eigenvalue weighted by Crippen LogP contribution is -2.38. The minimum Gasteiger partial charge on any atom is -0.375 e. The highest BCUT2D eigenvalue weighted by Crippen LogP contribution is 2.21. The van der Waals surface area contributed by atoms with Crippen molar-refractivity contribution in [2.24, 2.45) is 4.99 Å². The molecule has 1 N–H and O–H groups in total. The van der Waals surface area contributed by atoms with Crippen LogP contribution in [0.15, 0.2) is 28.6 Å². The van der Waals surface area contributed by atoms with Crippen LogP contribution < -0.4 is 5.32 Å². The molecular weight excluding hydrogens is 483 g/mol. The van der Waals surface area contributed by atoms with E-state index in [1.165, 1.54) is 16.7 Å². The second-order valence-corrected chi connectivity index (χ2v) is 7.72. The van der Waals surface area contributed by atoms with E-state index < -0.39 is 0 Å². The molecule has 7 heteroatoms. The molecule has 1 atom stereocenters. The number of benzene rings is 1. The Hall–Kier alpha value is -1.19. The van der Waals surface area contributed by atoms with Gasteiger partial charge in [0.1, 0.15) is 11.1 Å². The van der Waals surface area contributed by atoms with Gasteiger partial charge in [-0.15, -0.1) is 35.3 Å². The Morgan fingerprint density at radius 2 is 2.11 bits per heavy atom. The molecular formula is C21H33IN4OS. The number of aliphatic imine (C=N–C) groups is 1. The lowest BCUT2D eigenvalue weighted by Gasteiger charge is -2.21. The number of ether oxygens (including phenoxy) is 1. The monoisotopic (exact) mass is 516 g/mol. The van der Waals surface area contributed by atoms with Gasteiger partial charge in [0.25, 0.3) is 0 Å². The van der Waals surface area contributed by atoms with Crippen LogP contribution in [0.25, 0.3) is 0 Å². The fraction of sp³-hybridized carbons (Fsp3) is 0.524. The molecule has 0 amide bonds. The molecule has 1 heterocycles. The fourth-order valence-electron chi connectivity index (χ4n) is 2.88. The van der Waals surface area contributed by atoms with Crippen LogP contribution in [0.2, 0.25) is 0 Å². The third kappa shape index (κ3) is 7.33. The van der Waals surface area contributed by atoms with E-state index >= 15 is 0 Å². The number of aromatic nitrogens is 1. The minimum absolute atomic E-state index is 0. The Morgan fingerprint density at radius 1 is 1.36 bits per heavy atom. The Labute approximate surface area is 190 Å². The lowest BCUT2D eigenvalue weighted by molar-refractivity contribution is 0.119. The van der Waals surface area contributed by atoms with Gasteiger partial charge in [-0.05, 0) is 45.2 Å². The van der Waals surface area contributed by atoms with E-state index in [-0.39, 0.29) is 30.1 Å². The van der Waals surface area contributed by atoms with Crippen molar-refractivity contribution in [2.75, 3.05) is 27.2 Å². The van der Waals surface area contributed by atoms with E-state index in [9.17, 15) is 0 Å². The zero-order valence-electron chi connectivity index (χ0n) is 17.8. The van der Waals surface area contributed by atoms with Crippen molar-refractivity contribution in [1.29, 1.82) is 0 Å². The number of guanidine groups is 1. The number of aryl methyl sites for hydroxylation is 2. The van der Waals surface area contributed by atoms with E-state index in [1.54, 1.807) is 18.4 Å². The standard InChI is InChI=1S/C21H32N4OS.HI/c1-7-22-21(23-11-10-18-9-8-15(2)12-16(18)3)25(5)13-19-14-27-20(24-19)17(4)26-6;/h8-9,12,14,17H,7,10-11,13H2,1-6H3,(H,22,23);1H. The zero-order chi connectivity index (χ0) is 19.8. The largest absolute Gasteiger partial charge is 0.375 e. The summed E-state index contributed by atoms with van der Waals surface area (Å²) in [6.07, 6.45) is 0.981. The van der Waals surface area contributed by atoms with Gasteiger partial charge in [0, 0.05) is 32.6 Å². The number of rotatable bonds is 8. The first-order valence-electron chi connectivity index (χ1n) is 9.47. The molecule has 1 aromatic heterocycles. The minimum atomic E-state index is 0. The number of nitrogens with zero attached hydrogens (tertiary/aromatic N) is 3. The zero-order valence-corrected chi connectivity index (χ0v) is 20.9. The van der Waals surface area contributed by atoms with E-state index in [1.807, 2.05) is 6.92 Å². The van der Waals surface area contributed by atoms with Gasteiger partial charge >= 0.3 is 0 Å². The lowest BCUT2D eigenvalue weighted by atomic mass is 10.0. The number of methoxy groups -OCH3 is 1. The molecule has 1 unspecified atom stereocenters. The Kier molecular flexibility index (Phi) is 11.0. The molecule has 156 valence electrons. The van der Waals surface area contributed by atoms with Gasteiger partial charge in [-0.2, -0.15) is 0 Å². The Morgan fingerprint density at radius 3 is 2.75 bits per heavy atom. The van der Waals surface area contributed by atoms with Gasteiger partial charge in [0.05, 0.1) is 12.2 Å². The first-order chi connectivity index (χ1) is 12.9. The predicted molar refractivity (Wildman–Crippen MR) is 130 cm³/mol. The maximum Gasteiger partial charge on any atom is 0.194 e. The van der Waals surface area contributed by atoms with Gasteiger partial charge < -0.3 is 15.0 Å². The molecule has 0 fully saturated rings. The van der Waals surface area contributed by atoms with Crippen LogP contribution in [0.5, 0.6) is 0 Å². The van der Waals surface area contributed by atoms with Crippen LogP contribution in [0, 0.1) is 13.8 Å². The average molecular weight is 516 g/mol. The second-order valence-electron chi connectivity index (χ2n) is 6.83. The van der Waals surface area contributed by atoms with Crippen molar-refractivity contribution in [2.45, 2.75) is 46.8 Å². The normalized spacial score (nSPS) is 12.4. The topological polar surface area (TPSA) is 49.8 Å². The van der Waals surface area contributed by atoms with Gasteiger partial charge in [-0.1, -0.05) is 23.8 Å². The number of nitrogens with one attached hydrogen (secondary N) is 1. The van der Waals surface area contributed by atoms with Gasteiger partial charge in [-0.25, -0.2) is 4.98 Å². The summed E-state index contributed by atoms with van der Waals surface area (Å²) < 4.78 is 5.35. The molecule has 1 aromatic carbocycles. The number of thiazole rings is 1. The van der Waals surface area contributed by atoms with Crippen molar-refractivity contribution in [3.05, 3.63) is 51.0 Å². The summed E-state index contributed by atoms with van der Waals surface area (Å²) in [5, 5.41) is 6.49. The second kappa shape index (κ2) is 12.4. The van der Waals surface area contributed by atoms with Gasteiger partial charge in [-0.3, -0.25) is 4.99 Å². The molecule has 0 saturated heterocycles. The van der Waals surface area contributed by atoms with Gasteiger partial charge in [0.15, 0.2) is 5.96 Å². The number of hydrogen-bond acceptors (Lipinski definition) is 4. The maximum absolute atomic E-state index is 5.35. The summed E-state index contributed by atoms with van der Waals surface area (Å²) in [6.45, 7) is 10.7. The molecule has 2 aromatic rings. The highest BCUT2D eigenvalue weighted by atomic mass is 127. The van der Waals surface area contributed by atoms with Crippen LogP contribution in [0.4, 0.5) is 0 Å². The Balaban J connectivity index is 0.00000392. The quantitative estimate of drug-likeness (QED) is 0.313. The first-order valence-corrected chi connectivity index (χ1v) is 10.3. The average Bonchev–Trinajstić information content (AvgIpc) is 3.10.